The fourth-order valence-electron chi connectivity index (χ4n) is 2.35. The number of rotatable bonds is 10. The maximum absolute atomic E-state index is 4.22. The first kappa shape index (κ1) is 15.4. The molecule has 1 saturated carbocycles. The van der Waals surface area contributed by atoms with Crippen LogP contribution in [0, 0.1) is 5.92 Å². The first-order chi connectivity index (χ1) is 9.69. The van der Waals surface area contributed by atoms with Crippen molar-refractivity contribution in [2.75, 3.05) is 19.6 Å². The van der Waals surface area contributed by atoms with Gasteiger partial charge in [0.2, 0.25) is 0 Å². The van der Waals surface area contributed by atoms with Crippen molar-refractivity contribution in [2.24, 2.45) is 5.92 Å². The number of aromatic nitrogens is 3. The van der Waals surface area contributed by atoms with Gasteiger partial charge in [0.15, 0.2) is 0 Å². The lowest BCUT2D eigenvalue weighted by molar-refractivity contribution is 0.201. The Hall–Kier alpha value is -0.940. The van der Waals surface area contributed by atoms with Crippen LogP contribution in [0.15, 0.2) is 6.20 Å². The van der Waals surface area contributed by atoms with E-state index in [0.717, 1.165) is 44.2 Å². The quantitative estimate of drug-likeness (QED) is 0.665. The van der Waals surface area contributed by atoms with E-state index >= 15 is 0 Å². The molecule has 20 heavy (non-hydrogen) atoms. The summed E-state index contributed by atoms with van der Waals surface area (Å²) < 4.78 is 1.98. The molecular weight excluding hydrogens is 250 g/mol. The Morgan fingerprint density at radius 1 is 1.45 bits per heavy atom. The predicted molar refractivity (Wildman–Crippen MR) is 81.5 cm³/mol. The molecular formula is C15H29N5. The molecule has 114 valence electrons. The first-order valence-corrected chi connectivity index (χ1v) is 8.02. The van der Waals surface area contributed by atoms with Crippen molar-refractivity contribution >= 4 is 0 Å². The van der Waals surface area contributed by atoms with Crippen molar-refractivity contribution in [1.29, 1.82) is 0 Å². The zero-order valence-electron chi connectivity index (χ0n) is 13.2. The molecule has 0 aromatic carbocycles. The van der Waals surface area contributed by atoms with Gasteiger partial charge in [-0.3, -0.25) is 9.58 Å². The van der Waals surface area contributed by atoms with E-state index in [1.54, 1.807) is 0 Å². The monoisotopic (exact) mass is 279 g/mol. The van der Waals surface area contributed by atoms with Crippen LogP contribution in [0.3, 0.4) is 0 Å². The van der Waals surface area contributed by atoms with Gasteiger partial charge >= 0.3 is 0 Å². The van der Waals surface area contributed by atoms with Gasteiger partial charge in [0.1, 0.15) is 0 Å². The minimum atomic E-state index is 0.616. The fraction of sp³-hybridized carbons (Fsp3) is 0.867. The molecule has 0 spiro atoms. The van der Waals surface area contributed by atoms with Crippen molar-refractivity contribution in [1.82, 2.24) is 25.2 Å². The van der Waals surface area contributed by atoms with Gasteiger partial charge < -0.3 is 5.32 Å². The summed E-state index contributed by atoms with van der Waals surface area (Å²) in [5.74, 6) is 0.946. The van der Waals surface area contributed by atoms with E-state index in [4.69, 9.17) is 0 Å². The first-order valence-electron chi connectivity index (χ1n) is 8.02. The molecule has 0 amide bonds. The highest BCUT2D eigenvalue weighted by Crippen LogP contribution is 2.30. The number of hydrogen-bond donors (Lipinski definition) is 1. The van der Waals surface area contributed by atoms with Crippen molar-refractivity contribution in [3.8, 4) is 0 Å². The van der Waals surface area contributed by atoms with Gasteiger partial charge in [-0.2, -0.15) is 0 Å². The van der Waals surface area contributed by atoms with E-state index in [2.05, 4.69) is 47.5 Å². The predicted octanol–water partition coefficient (Wildman–Crippen LogP) is 1.90. The molecule has 1 aliphatic rings. The van der Waals surface area contributed by atoms with Gasteiger partial charge in [0.05, 0.1) is 12.2 Å². The van der Waals surface area contributed by atoms with Crippen molar-refractivity contribution < 1.29 is 0 Å². The summed E-state index contributed by atoms with van der Waals surface area (Å²) in [5.41, 5.74) is 1.04. The van der Waals surface area contributed by atoms with Gasteiger partial charge in [-0.15, -0.1) is 5.10 Å². The summed E-state index contributed by atoms with van der Waals surface area (Å²) in [7, 11) is 0. The van der Waals surface area contributed by atoms with Crippen LogP contribution < -0.4 is 5.32 Å². The molecule has 1 fully saturated rings. The lowest BCUT2D eigenvalue weighted by Crippen LogP contribution is -2.35. The number of nitrogens with zero attached hydrogens (tertiary/aromatic N) is 4. The van der Waals surface area contributed by atoms with Gasteiger partial charge in [0.25, 0.3) is 0 Å². The molecule has 0 unspecified atom stereocenters. The van der Waals surface area contributed by atoms with Crippen LogP contribution in [0.25, 0.3) is 0 Å². The average Bonchev–Trinajstić information content (AvgIpc) is 3.13. The largest absolute Gasteiger partial charge is 0.311 e. The summed E-state index contributed by atoms with van der Waals surface area (Å²) >= 11 is 0. The second-order valence-corrected chi connectivity index (χ2v) is 6.18. The maximum atomic E-state index is 4.22. The molecule has 0 radical (unpaired) electrons. The van der Waals surface area contributed by atoms with E-state index in [1.165, 1.54) is 19.4 Å². The van der Waals surface area contributed by atoms with Crippen LogP contribution in [0.1, 0.15) is 45.7 Å². The van der Waals surface area contributed by atoms with Crippen molar-refractivity contribution in [3.63, 3.8) is 0 Å². The van der Waals surface area contributed by atoms with E-state index in [-0.39, 0.29) is 0 Å². The third-order valence-corrected chi connectivity index (χ3v) is 3.86. The van der Waals surface area contributed by atoms with E-state index in [0.29, 0.717) is 6.04 Å². The lowest BCUT2D eigenvalue weighted by atomic mass is 10.2. The molecule has 1 aromatic rings. The number of hydrogen-bond acceptors (Lipinski definition) is 4. The fourth-order valence-corrected chi connectivity index (χ4v) is 2.35. The van der Waals surface area contributed by atoms with Gasteiger partial charge in [-0.25, -0.2) is 0 Å². The minimum absolute atomic E-state index is 0.616. The molecule has 1 aromatic heterocycles. The smallest absolute Gasteiger partial charge is 0.0964 e. The van der Waals surface area contributed by atoms with Crippen LogP contribution in [0.4, 0.5) is 0 Å². The number of nitrogens with one attached hydrogen (secondary N) is 1. The van der Waals surface area contributed by atoms with Crippen LogP contribution in [0.2, 0.25) is 0 Å². The summed E-state index contributed by atoms with van der Waals surface area (Å²) in [4.78, 5) is 2.56. The van der Waals surface area contributed by atoms with Crippen LogP contribution in [-0.2, 0) is 13.1 Å². The molecule has 0 bridgehead atoms. The second kappa shape index (κ2) is 7.74. The van der Waals surface area contributed by atoms with Crippen LogP contribution >= 0.6 is 0 Å². The summed E-state index contributed by atoms with van der Waals surface area (Å²) in [6.07, 6.45) is 6.05. The molecule has 1 heterocycles. The molecule has 2 rings (SSSR count). The molecule has 0 saturated heterocycles. The normalized spacial score (nSPS) is 15.4. The Bertz CT molecular complexity index is 383. The van der Waals surface area contributed by atoms with E-state index in [9.17, 15) is 0 Å². The SMILES string of the molecule is CCCNCc1cn(CCN(CC2CC2)C(C)C)nn1. The zero-order valence-corrected chi connectivity index (χ0v) is 13.2. The van der Waals surface area contributed by atoms with Crippen LogP contribution in [0.5, 0.6) is 0 Å². The molecule has 0 atom stereocenters. The Kier molecular flexibility index (Phi) is 5.98. The molecule has 5 heteroatoms. The minimum Gasteiger partial charge on any atom is -0.311 e. The highest BCUT2D eigenvalue weighted by Gasteiger charge is 2.25. The molecule has 5 nitrogen and oxygen atoms in total. The van der Waals surface area contributed by atoms with Gasteiger partial charge in [-0.1, -0.05) is 12.1 Å². The molecule has 0 aliphatic heterocycles. The third-order valence-electron chi connectivity index (χ3n) is 3.86. The Balaban J connectivity index is 1.74. The summed E-state index contributed by atoms with van der Waals surface area (Å²) in [5, 5.41) is 11.8. The average molecular weight is 279 g/mol. The highest BCUT2D eigenvalue weighted by molar-refractivity contribution is 4.91. The molecule has 1 N–H and O–H groups in total. The van der Waals surface area contributed by atoms with Crippen molar-refractivity contribution in [3.05, 3.63) is 11.9 Å². The maximum Gasteiger partial charge on any atom is 0.0964 e. The van der Waals surface area contributed by atoms with Crippen molar-refractivity contribution in [2.45, 2.75) is 59.2 Å². The second-order valence-electron chi connectivity index (χ2n) is 6.18. The Morgan fingerprint density at radius 2 is 2.25 bits per heavy atom. The summed E-state index contributed by atoms with van der Waals surface area (Å²) in [6.45, 7) is 11.8. The standard InChI is InChI=1S/C15H29N5/c1-4-7-16-10-15-12-20(18-17-15)9-8-19(13(2)3)11-14-5-6-14/h12-14,16H,4-11H2,1-3H3. The summed E-state index contributed by atoms with van der Waals surface area (Å²) in [6, 6.07) is 0.616. The Morgan fingerprint density at radius 3 is 2.90 bits per heavy atom. The lowest BCUT2D eigenvalue weighted by Gasteiger charge is -2.26. The van der Waals surface area contributed by atoms with Crippen LogP contribution in [-0.4, -0.2) is 45.6 Å². The zero-order chi connectivity index (χ0) is 14.4. The Labute approximate surface area is 122 Å². The molecule has 1 aliphatic carbocycles. The highest BCUT2D eigenvalue weighted by atomic mass is 15.4. The topological polar surface area (TPSA) is 46.0 Å². The van der Waals surface area contributed by atoms with E-state index in [1.807, 2.05) is 4.68 Å². The van der Waals surface area contributed by atoms with Gasteiger partial charge in [-0.05, 0) is 45.6 Å². The third kappa shape index (κ3) is 5.21. The van der Waals surface area contributed by atoms with Gasteiger partial charge in [0, 0.05) is 31.9 Å². The van der Waals surface area contributed by atoms with E-state index < -0.39 is 0 Å².